The first kappa shape index (κ1) is 23.6. The van der Waals surface area contributed by atoms with E-state index in [0.29, 0.717) is 39.5 Å². The number of carbonyl (C=O) groups is 2. The second-order valence-electron chi connectivity index (χ2n) is 7.96. The molecule has 1 aliphatic rings. The van der Waals surface area contributed by atoms with E-state index in [1.165, 1.54) is 6.20 Å². The van der Waals surface area contributed by atoms with Crippen LogP contribution in [-0.4, -0.2) is 41.3 Å². The monoisotopic (exact) mass is 497 g/mol. The smallest absolute Gasteiger partial charge is 0.255 e. The Morgan fingerprint density at radius 3 is 2.79 bits per heavy atom. The number of carbonyl (C=O) groups excluding carboxylic acids is 2. The van der Waals surface area contributed by atoms with Gasteiger partial charge in [-0.3, -0.25) is 14.4 Å². The fourth-order valence-electron chi connectivity index (χ4n) is 4.29. The molecule has 1 aromatic heterocycles. The van der Waals surface area contributed by atoms with Crippen molar-refractivity contribution in [3.05, 3.63) is 73.6 Å². The molecule has 0 fully saturated rings. The van der Waals surface area contributed by atoms with Crippen LogP contribution in [0.4, 0.5) is 5.69 Å². The Labute approximate surface area is 205 Å². The largest absolute Gasteiger partial charge is 0.376 e. The minimum atomic E-state index is -0.478. The van der Waals surface area contributed by atoms with Crippen LogP contribution in [0.15, 0.2) is 41.3 Å². The fourth-order valence-corrected chi connectivity index (χ4v) is 4.99. The van der Waals surface area contributed by atoms with Crippen LogP contribution in [0.2, 0.25) is 10.0 Å². The molecular formula is C24H21Cl2N5O3. The van der Waals surface area contributed by atoms with Gasteiger partial charge >= 0.3 is 0 Å². The predicted octanol–water partition coefficient (Wildman–Crippen LogP) is 3.65. The van der Waals surface area contributed by atoms with Crippen LogP contribution in [0.25, 0.3) is 10.8 Å². The second-order valence-corrected chi connectivity index (χ2v) is 8.80. The number of halogens is 2. The van der Waals surface area contributed by atoms with Crippen molar-refractivity contribution in [2.45, 2.75) is 19.4 Å². The van der Waals surface area contributed by atoms with Gasteiger partial charge in [-0.15, -0.1) is 0 Å². The fraction of sp³-hybridized carbons (Fsp3) is 0.250. The number of fused-ring (bicyclic) bond motifs is 2. The zero-order valence-corrected chi connectivity index (χ0v) is 19.8. The molecule has 174 valence electrons. The number of amides is 2. The number of rotatable bonds is 5. The molecule has 0 aliphatic carbocycles. The summed E-state index contributed by atoms with van der Waals surface area (Å²) in [5.74, 6) is -0.587. The van der Waals surface area contributed by atoms with Gasteiger partial charge < -0.3 is 20.5 Å². The van der Waals surface area contributed by atoms with Crippen LogP contribution in [0.1, 0.15) is 34.5 Å². The molecule has 0 spiro atoms. The summed E-state index contributed by atoms with van der Waals surface area (Å²) >= 11 is 12.5. The van der Waals surface area contributed by atoms with Crippen molar-refractivity contribution >= 4 is 51.5 Å². The van der Waals surface area contributed by atoms with Crippen LogP contribution in [0, 0.1) is 11.3 Å². The predicted molar refractivity (Wildman–Crippen MR) is 131 cm³/mol. The number of nitriles is 1. The Balaban J connectivity index is 1.53. The molecule has 1 aliphatic heterocycles. The highest BCUT2D eigenvalue weighted by Gasteiger charge is 2.29. The van der Waals surface area contributed by atoms with E-state index in [9.17, 15) is 14.4 Å². The molecule has 8 nitrogen and oxygen atoms in total. The van der Waals surface area contributed by atoms with Gasteiger partial charge in [0.2, 0.25) is 5.91 Å². The van der Waals surface area contributed by atoms with Crippen LogP contribution < -0.4 is 16.2 Å². The molecule has 4 rings (SSSR count). The maximum absolute atomic E-state index is 13.0. The molecule has 3 aromatic rings. The molecule has 2 amide bonds. The van der Waals surface area contributed by atoms with Crippen molar-refractivity contribution in [3.8, 4) is 6.07 Å². The summed E-state index contributed by atoms with van der Waals surface area (Å²) in [6.45, 7) is 2.35. The summed E-state index contributed by atoms with van der Waals surface area (Å²) in [4.78, 5) is 41.9. The number of aromatic amines is 1. The summed E-state index contributed by atoms with van der Waals surface area (Å²) in [5.41, 5.74) is 2.42. The zero-order valence-electron chi connectivity index (χ0n) is 18.2. The quantitative estimate of drug-likeness (QED) is 0.465. The van der Waals surface area contributed by atoms with E-state index in [0.717, 1.165) is 11.1 Å². The third-order valence-electron chi connectivity index (χ3n) is 5.93. The second kappa shape index (κ2) is 9.75. The molecule has 0 saturated carbocycles. The summed E-state index contributed by atoms with van der Waals surface area (Å²) in [7, 11) is 0. The number of hydrogen-bond acceptors (Lipinski definition) is 5. The molecule has 3 N–H and O–H groups in total. The van der Waals surface area contributed by atoms with Crippen molar-refractivity contribution < 1.29 is 9.59 Å². The van der Waals surface area contributed by atoms with Crippen molar-refractivity contribution in [1.29, 1.82) is 5.26 Å². The molecule has 1 unspecified atom stereocenters. The maximum atomic E-state index is 13.0. The number of hydrogen-bond donors (Lipinski definition) is 3. The Kier molecular flexibility index (Phi) is 6.77. The third-order valence-corrected chi connectivity index (χ3v) is 6.46. The number of H-pyrrole nitrogens is 1. The lowest BCUT2D eigenvalue weighted by atomic mass is 9.93. The van der Waals surface area contributed by atoms with Crippen LogP contribution >= 0.6 is 23.2 Å². The lowest BCUT2D eigenvalue weighted by molar-refractivity contribution is -0.131. The molecule has 2 aromatic carbocycles. The molecule has 0 saturated heterocycles. The normalized spacial score (nSPS) is 14.9. The van der Waals surface area contributed by atoms with E-state index in [2.05, 4.69) is 15.6 Å². The van der Waals surface area contributed by atoms with Gasteiger partial charge in [0, 0.05) is 39.2 Å². The van der Waals surface area contributed by atoms with Gasteiger partial charge in [0.05, 0.1) is 24.2 Å². The standard InChI is InChI=1S/C24H21Cl2N5O3/c1-13-22-14(8-15(25)9-20(22)26)4-7-31(13)21(32)12-29-16-2-3-17-18(10-16)19(11-30-23(17)33)24(34)28-6-5-27/h2-3,8-11,13,29H,4,6-7,12H2,1H3,(H,28,34)(H,30,33). The van der Waals surface area contributed by atoms with Crippen molar-refractivity contribution in [1.82, 2.24) is 15.2 Å². The van der Waals surface area contributed by atoms with Gasteiger partial charge in [0.1, 0.15) is 6.54 Å². The molecule has 2 heterocycles. The van der Waals surface area contributed by atoms with Gasteiger partial charge in [-0.1, -0.05) is 23.2 Å². The summed E-state index contributed by atoms with van der Waals surface area (Å²) in [6, 6.07) is 10.1. The molecule has 1 atom stereocenters. The van der Waals surface area contributed by atoms with Crippen LogP contribution in [0.3, 0.4) is 0 Å². The van der Waals surface area contributed by atoms with Gasteiger partial charge in [-0.25, -0.2) is 0 Å². The molecule has 34 heavy (non-hydrogen) atoms. The van der Waals surface area contributed by atoms with Crippen molar-refractivity contribution in [2.24, 2.45) is 0 Å². The summed E-state index contributed by atoms with van der Waals surface area (Å²) in [5, 5.41) is 16.1. The highest BCUT2D eigenvalue weighted by molar-refractivity contribution is 6.35. The molecule has 0 bridgehead atoms. The number of pyridine rings is 1. The van der Waals surface area contributed by atoms with E-state index in [4.69, 9.17) is 28.5 Å². The number of anilines is 1. The van der Waals surface area contributed by atoms with E-state index >= 15 is 0 Å². The SMILES string of the molecule is CC1c2c(Cl)cc(Cl)cc2CCN1C(=O)CNc1ccc2c(=O)[nH]cc(C(=O)NCC#N)c2c1. The number of aromatic nitrogens is 1. The lowest BCUT2D eigenvalue weighted by Gasteiger charge is -2.36. The van der Waals surface area contributed by atoms with E-state index in [1.807, 2.05) is 19.1 Å². The Morgan fingerprint density at radius 2 is 2.03 bits per heavy atom. The average Bonchev–Trinajstić information content (AvgIpc) is 2.81. The third kappa shape index (κ3) is 4.58. The Bertz CT molecular complexity index is 1400. The first-order valence-electron chi connectivity index (χ1n) is 10.6. The maximum Gasteiger partial charge on any atom is 0.255 e. The van der Waals surface area contributed by atoms with Crippen molar-refractivity contribution in [3.63, 3.8) is 0 Å². The van der Waals surface area contributed by atoms with E-state index in [1.54, 1.807) is 29.2 Å². The van der Waals surface area contributed by atoms with Gasteiger partial charge in [-0.2, -0.15) is 5.26 Å². The van der Waals surface area contributed by atoms with Crippen LogP contribution in [-0.2, 0) is 11.2 Å². The number of nitrogens with one attached hydrogen (secondary N) is 3. The van der Waals surface area contributed by atoms with Gasteiger partial charge in [0.15, 0.2) is 0 Å². The number of benzene rings is 2. The van der Waals surface area contributed by atoms with E-state index in [-0.39, 0.29) is 36.2 Å². The lowest BCUT2D eigenvalue weighted by Crippen LogP contribution is -2.41. The van der Waals surface area contributed by atoms with Gasteiger partial charge in [-0.05, 0) is 54.8 Å². The van der Waals surface area contributed by atoms with Crippen molar-refractivity contribution in [2.75, 3.05) is 25.0 Å². The topological polar surface area (TPSA) is 118 Å². The molecule has 0 radical (unpaired) electrons. The molecular weight excluding hydrogens is 477 g/mol. The first-order valence-corrected chi connectivity index (χ1v) is 11.4. The molecule has 10 heteroatoms. The zero-order chi connectivity index (χ0) is 24.4. The summed E-state index contributed by atoms with van der Waals surface area (Å²) in [6.07, 6.45) is 1.97. The Hall–Kier alpha value is -3.54. The Morgan fingerprint density at radius 1 is 1.24 bits per heavy atom. The minimum Gasteiger partial charge on any atom is -0.376 e. The van der Waals surface area contributed by atoms with Crippen LogP contribution in [0.5, 0.6) is 0 Å². The van der Waals surface area contributed by atoms with E-state index < -0.39 is 5.91 Å². The highest BCUT2D eigenvalue weighted by atomic mass is 35.5. The highest BCUT2D eigenvalue weighted by Crippen LogP contribution is 2.37. The van der Waals surface area contributed by atoms with Gasteiger partial charge in [0.25, 0.3) is 11.5 Å². The first-order chi connectivity index (χ1) is 16.3. The number of nitrogens with zero attached hydrogens (tertiary/aromatic N) is 2. The average molecular weight is 498 g/mol. The minimum absolute atomic E-state index is 0.0234. The summed E-state index contributed by atoms with van der Waals surface area (Å²) < 4.78 is 0.